The summed E-state index contributed by atoms with van der Waals surface area (Å²) in [5.74, 6) is 0.564. The maximum Gasteiger partial charge on any atom is 0.150 e. The highest BCUT2D eigenvalue weighted by molar-refractivity contribution is 7.91. The Hall–Kier alpha value is -1.40. The summed E-state index contributed by atoms with van der Waals surface area (Å²) < 4.78 is 25.3. The second-order valence-corrected chi connectivity index (χ2v) is 7.35. The molecule has 2 N–H and O–H groups in total. The molecule has 0 spiro atoms. The van der Waals surface area contributed by atoms with E-state index in [1.165, 1.54) is 0 Å². The van der Waals surface area contributed by atoms with Gasteiger partial charge in [-0.2, -0.15) is 0 Å². The van der Waals surface area contributed by atoms with E-state index in [-0.39, 0.29) is 11.7 Å². The predicted octanol–water partition coefficient (Wildman–Crippen LogP) is 1.09. The Balaban J connectivity index is 1.97. The molecule has 102 valence electrons. The molecule has 1 fully saturated rings. The maximum absolute atomic E-state index is 11.7. The summed E-state index contributed by atoms with van der Waals surface area (Å²) in [6, 6.07) is 3.90. The van der Waals surface area contributed by atoms with Crippen LogP contribution in [0.25, 0.3) is 5.65 Å². The number of aromatic nitrogens is 2. The minimum absolute atomic E-state index is 0.0278. The monoisotopic (exact) mass is 279 g/mol. The first kappa shape index (κ1) is 12.6. The molecule has 2 aromatic heterocycles. The van der Waals surface area contributed by atoms with Crippen molar-refractivity contribution >= 4 is 15.5 Å². The van der Waals surface area contributed by atoms with Crippen LogP contribution in [0.15, 0.2) is 24.5 Å². The van der Waals surface area contributed by atoms with Gasteiger partial charge in [-0.3, -0.25) is 0 Å². The van der Waals surface area contributed by atoms with Gasteiger partial charge >= 0.3 is 0 Å². The van der Waals surface area contributed by atoms with Gasteiger partial charge in [-0.1, -0.05) is 0 Å². The summed E-state index contributed by atoms with van der Waals surface area (Å²) in [5.41, 5.74) is 8.35. The molecule has 1 aliphatic rings. The molecular weight excluding hydrogens is 262 g/mol. The number of nitrogens with two attached hydrogens (primary N) is 1. The van der Waals surface area contributed by atoms with E-state index in [1.807, 2.05) is 28.9 Å². The molecule has 5 nitrogen and oxygen atoms in total. The van der Waals surface area contributed by atoms with Gasteiger partial charge in [0.25, 0.3) is 0 Å². The van der Waals surface area contributed by atoms with E-state index in [2.05, 4.69) is 4.98 Å². The van der Waals surface area contributed by atoms with Crippen LogP contribution < -0.4 is 5.73 Å². The smallest absolute Gasteiger partial charge is 0.150 e. The molecule has 0 amide bonds. The minimum atomic E-state index is -2.90. The van der Waals surface area contributed by atoms with E-state index >= 15 is 0 Å². The summed E-state index contributed by atoms with van der Waals surface area (Å²) >= 11 is 0. The summed E-state index contributed by atoms with van der Waals surface area (Å²) in [7, 11) is -2.90. The molecule has 0 saturated carbocycles. The van der Waals surface area contributed by atoms with E-state index in [4.69, 9.17) is 5.73 Å². The molecule has 6 heteroatoms. The SMILES string of the molecule is NCc1ccn2cc(C3CCCS(=O)(=O)C3)nc2c1. The number of sulfone groups is 1. The van der Waals surface area contributed by atoms with Crippen LogP contribution in [0, 0.1) is 0 Å². The Morgan fingerprint density at radius 1 is 1.47 bits per heavy atom. The van der Waals surface area contributed by atoms with Gasteiger partial charge in [0.1, 0.15) is 5.65 Å². The van der Waals surface area contributed by atoms with Gasteiger partial charge in [-0.15, -0.1) is 0 Å². The van der Waals surface area contributed by atoms with Gasteiger partial charge < -0.3 is 10.1 Å². The number of pyridine rings is 1. The Morgan fingerprint density at radius 2 is 2.32 bits per heavy atom. The van der Waals surface area contributed by atoms with Gasteiger partial charge in [0, 0.05) is 24.9 Å². The second kappa shape index (κ2) is 4.61. The average molecular weight is 279 g/mol. The third-order valence-corrected chi connectivity index (χ3v) is 5.48. The Morgan fingerprint density at radius 3 is 3.05 bits per heavy atom. The van der Waals surface area contributed by atoms with Crippen LogP contribution in [-0.4, -0.2) is 29.3 Å². The molecule has 0 aromatic carbocycles. The van der Waals surface area contributed by atoms with E-state index in [1.54, 1.807) is 0 Å². The quantitative estimate of drug-likeness (QED) is 0.892. The number of nitrogens with zero attached hydrogens (tertiary/aromatic N) is 2. The third kappa shape index (κ3) is 2.50. The van der Waals surface area contributed by atoms with Crippen molar-refractivity contribution in [3.05, 3.63) is 35.8 Å². The Bertz CT molecular complexity index is 706. The van der Waals surface area contributed by atoms with E-state index < -0.39 is 9.84 Å². The second-order valence-electron chi connectivity index (χ2n) is 5.12. The molecule has 19 heavy (non-hydrogen) atoms. The van der Waals surface area contributed by atoms with Crippen LogP contribution in [0.4, 0.5) is 0 Å². The summed E-state index contributed by atoms with van der Waals surface area (Å²) in [6.07, 6.45) is 5.48. The first-order valence-electron chi connectivity index (χ1n) is 6.45. The zero-order valence-corrected chi connectivity index (χ0v) is 11.4. The van der Waals surface area contributed by atoms with Crippen molar-refractivity contribution in [2.75, 3.05) is 11.5 Å². The fraction of sp³-hybridized carbons (Fsp3) is 0.462. The van der Waals surface area contributed by atoms with Crippen LogP contribution in [-0.2, 0) is 16.4 Å². The van der Waals surface area contributed by atoms with Crippen molar-refractivity contribution in [2.24, 2.45) is 5.73 Å². The molecule has 3 heterocycles. The van der Waals surface area contributed by atoms with Gasteiger partial charge in [-0.25, -0.2) is 13.4 Å². The van der Waals surface area contributed by atoms with Crippen molar-refractivity contribution in [2.45, 2.75) is 25.3 Å². The summed E-state index contributed by atoms with van der Waals surface area (Å²) in [6.45, 7) is 0.483. The lowest BCUT2D eigenvalue weighted by molar-refractivity contribution is 0.550. The van der Waals surface area contributed by atoms with Gasteiger partial charge in [-0.05, 0) is 30.5 Å². The number of hydrogen-bond acceptors (Lipinski definition) is 4. The van der Waals surface area contributed by atoms with Crippen molar-refractivity contribution in [1.29, 1.82) is 0 Å². The summed E-state index contributed by atoms with van der Waals surface area (Å²) in [4.78, 5) is 4.55. The van der Waals surface area contributed by atoms with Crippen LogP contribution >= 0.6 is 0 Å². The molecule has 3 rings (SSSR count). The molecule has 1 atom stereocenters. The van der Waals surface area contributed by atoms with Gasteiger partial charge in [0.2, 0.25) is 0 Å². The number of imidazole rings is 1. The van der Waals surface area contributed by atoms with E-state index in [0.717, 1.165) is 29.7 Å². The lowest BCUT2D eigenvalue weighted by atomic mass is 10.0. The maximum atomic E-state index is 11.7. The van der Waals surface area contributed by atoms with Gasteiger partial charge in [0.05, 0.1) is 17.2 Å². The first-order valence-corrected chi connectivity index (χ1v) is 8.27. The molecule has 1 unspecified atom stereocenters. The van der Waals surface area contributed by atoms with Crippen LogP contribution in [0.3, 0.4) is 0 Å². The largest absolute Gasteiger partial charge is 0.326 e. The number of hydrogen-bond donors (Lipinski definition) is 1. The molecule has 0 radical (unpaired) electrons. The zero-order chi connectivity index (χ0) is 13.5. The van der Waals surface area contributed by atoms with Crippen molar-refractivity contribution < 1.29 is 8.42 Å². The third-order valence-electron chi connectivity index (χ3n) is 3.66. The molecule has 1 saturated heterocycles. The Kier molecular flexibility index (Phi) is 3.06. The molecule has 0 bridgehead atoms. The van der Waals surface area contributed by atoms with Crippen molar-refractivity contribution in [1.82, 2.24) is 9.38 Å². The average Bonchev–Trinajstić information content (AvgIpc) is 2.80. The molecule has 1 aliphatic heterocycles. The lowest BCUT2D eigenvalue weighted by Gasteiger charge is -2.19. The highest BCUT2D eigenvalue weighted by Gasteiger charge is 2.27. The first-order chi connectivity index (χ1) is 9.07. The molecule has 0 aliphatic carbocycles. The molecular formula is C13H17N3O2S. The topological polar surface area (TPSA) is 77.5 Å². The molecule has 2 aromatic rings. The normalized spacial score (nSPS) is 22.7. The summed E-state index contributed by atoms with van der Waals surface area (Å²) in [5, 5.41) is 0. The van der Waals surface area contributed by atoms with E-state index in [0.29, 0.717) is 12.3 Å². The van der Waals surface area contributed by atoms with Crippen molar-refractivity contribution in [3.63, 3.8) is 0 Å². The van der Waals surface area contributed by atoms with Crippen LogP contribution in [0.1, 0.15) is 30.0 Å². The van der Waals surface area contributed by atoms with Gasteiger partial charge in [0.15, 0.2) is 9.84 Å². The fourth-order valence-corrected chi connectivity index (χ4v) is 4.35. The lowest BCUT2D eigenvalue weighted by Crippen LogP contribution is -2.23. The highest BCUT2D eigenvalue weighted by atomic mass is 32.2. The van der Waals surface area contributed by atoms with Crippen molar-refractivity contribution in [3.8, 4) is 0 Å². The highest BCUT2D eigenvalue weighted by Crippen LogP contribution is 2.27. The van der Waals surface area contributed by atoms with Crippen LogP contribution in [0.5, 0.6) is 0 Å². The number of rotatable bonds is 2. The zero-order valence-electron chi connectivity index (χ0n) is 10.6. The van der Waals surface area contributed by atoms with E-state index in [9.17, 15) is 8.42 Å². The minimum Gasteiger partial charge on any atom is -0.326 e. The Labute approximate surface area is 112 Å². The van der Waals surface area contributed by atoms with Crippen LogP contribution in [0.2, 0.25) is 0 Å². The predicted molar refractivity (Wildman–Crippen MR) is 73.7 cm³/mol. The number of fused-ring (bicyclic) bond motifs is 1. The fourth-order valence-electron chi connectivity index (χ4n) is 2.62. The standard InChI is InChI=1S/C13H17N3O2S/c14-7-10-3-4-16-8-12(15-13(16)6-10)11-2-1-5-19(17,18)9-11/h3-4,6,8,11H,1-2,5,7,9,14H2.